The zero-order valence-electron chi connectivity index (χ0n) is 11.2. The average Bonchev–Trinajstić information content (AvgIpc) is 2.74. The van der Waals surface area contributed by atoms with Gasteiger partial charge >= 0.3 is 0 Å². The van der Waals surface area contributed by atoms with Crippen LogP contribution in [-0.2, 0) is 6.54 Å². The van der Waals surface area contributed by atoms with E-state index in [9.17, 15) is 9.59 Å². The number of rotatable bonds is 3. The Morgan fingerprint density at radius 2 is 2.05 bits per heavy atom. The third kappa shape index (κ3) is 3.12. The number of nitrogens with one attached hydrogen (secondary N) is 2. The first kappa shape index (κ1) is 13.5. The smallest absolute Gasteiger partial charge is 0.261 e. The molecule has 0 spiro atoms. The van der Waals surface area contributed by atoms with E-state index in [-0.39, 0.29) is 18.0 Å². The van der Waals surface area contributed by atoms with E-state index in [1.165, 1.54) is 11.3 Å². The summed E-state index contributed by atoms with van der Waals surface area (Å²) in [4.78, 5) is 28.2. The summed E-state index contributed by atoms with van der Waals surface area (Å²) in [6.45, 7) is 5.91. The van der Waals surface area contributed by atoms with Gasteiger partial charge in [0.1, 0.15) is 0 Å². The summed E-state index contributed by atoms with van der Waals surface area (Å²) >= 11 is 1.44. The summed E-state index contributed by atoms with van der Waals surface area (Å²) in [6.07, 6.45) is 0. The van der Waals surface area contributed by atoms with Gasteiger partial charge in [-0.25, -0.2) is 0 Å². The first-order valence-corrected chi connectivity index (χ1v) is 6.83. The lowest BCUT2D eigenvalue weighted by Gasteiger charge is -2.07. The molecule has 100 valence electrons. The molecule has 0 atom stereocenters. The summed E-state index contributed by atoms with van der Waals surface area (Å²) in [5.74, 6) is -0.141. The van der Waals surface area contributed by atoms with Crippen LogP contribution in [0.15, 0.2) is 23.0 Å². The quantitative estimate of drug-likeness (QED) is 0.903. The lowest BCUT2D eigenvalue weighted by atomic mass is 10.1. The number of H-pyrrole nitrogens is 1. The normalized spacial score (nSPS) is 10.5. The van der Waals surface area contributed by atoms with Crippen molar-refractivity contribution >= 4 is 17.2 Å². The van der Waals surface area contributed by atoms with E-state index in [4.69, 9.17) is 0 Å². The molecule has 2 aromatic rings. The molecule has 0 saturated carbocycles. The zero-order chi connectivity index (χ0) is 14.0. The van der Waals surface area contributed by atoms with Crippen LogP contribution in [0.5, 0.6) is 0 Å². The number of carbonyl (C=O) groups is 1. The summed E-state index contributed by atoms with van der Waals surface area (Å²) in [5.41, 5.74) is 2.18. The fourth-order valence-corrected chi connectivity index (χ4v) is 2.70. The molecule has 0 saturated heterocycles. The van der Waals surface area contributed by atoms with E-state index >= 15 is 0 Å². The molecule has 4 nitrogen and oxygen atoms in total. The van der Waals surface area contributed by atoms with Crippen molar-refractivity contribution in [1.82, 2.24) is 10.3 Å². The summed E-state index contributed by atoms with van der Waals surface area (Å²) < 4.78 is 0. The molecule has 0 unspecified atom stereocenters. The molecule has 0 fully saturated rings. The lowest BCUT2D eigenvalue weighted by molar-refractivity contribution is 0.0955. The monoisotopic (exact) mass is 276 g/mol. The first-order valence-electron chi connectivity index (χ1n) is 6.01. The van der Waals surface area contributed by atoms with Crippen LogP contribution in [0, 0.1) is 20.8 Å². The van der Waals surface area contributed by atoms with Crippen LogP contribution in [0.3, 0.4) is 0 Å². The SMILES string of the molecule is Cc1cc(C)c(CNC(=O)c2ccc(C)s2)c(=O)[nH]1. The number of aryl methyl sites for hydroxylation is 3. The van der Waals surface area contributed by atoms with Gasteiger partial charge in [-0.3, -0.25) is 9.59 Å². The molecule has 0 aromatic carbocycles. The van der Waals surface area contributed by atoms with Gasteiger partial charge in [-0.1, -0.05) is 0 Å². The molecule has 2 aromatic heterocycles. The number of thiophene rings is 1. The van der Waals surface area contributed by atoms with Gasteiger partial charge in [0, 0.05) is 22.7 Å². The zero-order valence-corrected chi connectivity index (χ0v) is 12.0. The van der Waals surface area contributed by atoms with Crippen LogP contribution >= 0.6 is 11.3 Å². The molecule has 2 rings (SSSR count). The van der Waals surface area contributed by atoms with Gasteiger partial charge in [-0.15, -0.1) is 11.3 Å². The average molecular weight is 276 g/mol. The third-order valence-corrected chi connectivity index (χ3v) is 3.88. The molecule has 2 N–H and O–H groups in total. The minimum absolute atomic E-state index is 0.139. The first-order chi connectivity index (χ1) is 8.97. The highest BCUT2D eigenvalue weighted by Crippen LogP contribution is 2.14. The number of pyridine rings is 1. The molecule has 1 amide bonds. The number of aromatic amines is 1. The van der Waals surface area contributed by atoms with Crippen LogP contribution in [0.25, 0.3) is 0 Å². The van der Waals surface area contributed by atoms with Crippen molar-refractivity contribution in [3.8, 4) is 0 Å². The highest BCUT2D eigenvalue weighted by atomic mass is 32.1. The minimum atomic E-state index is -0.141. The second kappa shape index (κ2) is 5.40. The highest BCUT2D eigenvalue weighted by Gasteiger charge is 2.10. The molecule has 0 aliphatic heterocycles. The van der Waals surface area contributed by atoms with Crippen LogP contribution in [0.2, 0.25) is 0 Å². The molecule has 2 heterocycles. The molecule has 19 heavy (non-hydrogen) atoms. The van der Waals surface area contributed by atoms with Crippen LogP contribution in [0.4, 0.5) is 0 Å². The molecular weight excluding hydrogens is 260 g/mol. The van der Waals surface area contributed by atoms with Crippen LogP contribution in [0.1, 0.15) is 31.4 Å². The Bertz CT molecular complexity index is 670. The Hall–Kier alpha value is -1.88. The van der Waals surface area contributed by atoms with E-state index in [0.717, 1.165) is 16.1 Å². The van der Waals surface area contributed by atoms with Crippen molar-refractivity contribution in [2.24, 2.45) is 0 Å². The van der Waals surface area contributed by atoms with Crippen LogP contribution < -0.4 is 10.9 Å². The van der Waals surface area contributed by atoms with Crippen LogP contribution in [-0.4, -0.2) is 10.9 Å². The van der Waals surface area contributed by atoms with E-state index in [2.05, 4.69) is 10.3 Å². The summed E-state index contributed by atoms with van der Waals surface area (Å²) in [6, 6.07) is 5.60. The van der Waals surface area contributed by atoms with Gasteiger partial charge in [0.15, 0.2) is 0 Å². The van der Waals surface area contributed by atoms with E-state index in [1.807, 2.05) is 32.9 Å². The number of aromatic nitrogens is 1. The van der Waals surface area contributed by atoms with Crippen molar-refractivity contribution in [2.75, 3.05) is 0 Å². The van der Waals surface area contributed by atoms with Gasteiger partial charge < -0.3 is 10.3 Å². The van der Waals surface area contributed by atoms with Gasteiger partial charge in [-0.05, 0) is 44.5 Å². The Morgan fingerprint density at radius 3 is 2.63 bits per heavy atom. The minimum Gasteiger partial charge on any atom is -0.347 e. The largest absolute Gasteiger partial charge is 0.347 e. The van der Waals surface area contributed by atoms with Gasteiger partial charge in [0.05, 0.1) is 4.88 Å². The number of hydrogen-bond donors (Lipinski definition) is 2. The fraction of sp³-hybridized carbons (Fsp3) is 0.286. The van der Waals surface area contributed by atoms with Gasteiger partial charge in [-0.2, -0.15) is 0 Å². The highest BCUT2D eigenvalue weighted by molar-refractivity contribution is 7.13. The van der Waals surface area contributed by atoms with Crippen molar-refractivity contribution in [2.45, 2.75) is 27.3 Å². The Labute approximate surface area is 115 Å². The molecule has 5 heteroatoms. The molecular formula is C14H16N2O2S. The fourth-order valence-electron chi connectivity index (χ4n) is 1.91. The van der Waals surface area contributed by atoms with Crippen molar-refractivity contribution in [1.29, 1.82) is 0 Å². The van der Waals surface area contributed by atoms with Gasteiger partial charge in [0.2, 0.25) is 0 Å². The maximum Gasteiger partial charge on any atom is 0.261 e. The van der Waals surface area contributed by atoms with E-state index < -0.39 is 0 Å². The maximum atomic E-state index is 11.9. The maximum absolute atomic E-state index is 11.9. The molecule has 0 radical (unpaired) electrons. The third-order valence-electron chi connectivity index (χ3n) is 2.88. The van der Waals surface area contributed by atoms with Crippen molar-refractivity contribution in [3.63, 3.8) is 0 Å². The van der Waals surface area contributed by atoms with Gasteiger partial charge in [0.25, 0.3) is 11.5 Å². The second-order valence-electron chi connectivity index (χ2n) is 4.54. The molecule has 0 bridgehead atoms. The van der Waals surface area contributed by atoms with Crippen molar-refractivity contribution < 1.29 is 4.79 Å². The predicted octanol–water partition coefficient (Wildman–Crippen LogP) is 2.29. The topological polar surface area (TPSA) is 62.0 Å². The summed E-state index contributed by atoms with van der Waals surface area (Å²) in [5, 5.41) is 2.78. The second-order valence-corrected chi connectivity index (χ2v) is 5.82. The standard InChI is InChI=1S/C14H16N2O2S/c1-8-6-9(2)16-13(17)11(8)7-15-14(18)12-5-4-10(3)19-12/h4-6H,7H2,1-3H3,(H,15,18)(H,16,17). The molecule has 0 aliphatic rings. The van der Waals surface area contributed by atoms with E-state index in [1.54, 1.807) is 6.07 Å². The molecule has 0 aliphatic carbocycles. The Morgan fingerprint density at radius 1 is 1.32 bits per heavy atom. The number of amides is 1. The lowest BCUT2D eigenvalue weighted by Crippen LogP contribution is -2.27. The predicted molar refractivity (Wildman–Crippen MR) is 76.8 cm³/mol. The number of hydrogen-bond acceptors (Lipinski definition) is 3. The van der Waals surface area contributed by atoms with Crippen molar-refractivity contribution in [3.05, 3.63) is 55.1 Å². The Kier molecular flexibility index (Phi) is 3.85. The summed E-state index contributed by atoms with van der Waals surface area (Å²) in [7, 11) is 0. The van der Waals surface area contributed by atoms with E-state index in [0.29, 0.717) is 10.4 Å². The number of carbonyl (C=O) groups excluding carboxylic acids is 1. The Balaban J connectivity index is 2.11.